The molecule has 1 rings (SSSR count). The first-order valence-corrected chi connectivity index (χ1v) is 13.1. The Labute approximate surface area is 226 Å². The number of carbonyl (C=O) groups is 4. The summed E-state index contributed by atoms with van der Waals surface area (Å²) < 4.78 is 21.6. The lowest BCUT2D eigenvalue weighted by Gasteiger charge is -2.20. The maximum Gasteiger partial charge on any atom is 0.323 e. The Balaban J connectivity index is 2.93. The molecule has 0 saturated carbocycles. The van der Waals surface area contributed by atoms with Gasteiger partial charge in [0.25, 0.3) is 0 Å². The molecule has 0 radical (unpaired) electrons. The fourth-order valence-corrected chi connectivity index (χ4v) is 3.19. The summed E-state index contributed by atoms with van der Waals surface area (Å²) in [4.78, 5) is 49.3. The highest BCUT2D eigenvalue weighted by Gasteiger charge is 2.24. The molecule has 0 saturated heterocycles. The van der Waals surface area contributed by atoms with Gasteiger partial charge in [-0.2, -0.15) is 0 Å². The topological polar surface area (TPSA) is 131 Å². The molecule has 0 amide bonds. The van der Waals surface area contributed by atoms with E-state index in [-0.39, 0.29) is 60.1 Å². The predicted octanol–water partition coefficient (Wildman–Crippen LogP) is 4.76. The molecule has 1 aromatic carbocycles. The number of carbonyl (C=O) groups excluding carboxylic acids is 4. The van der Waals surface area contributed by atoms with Crippen molar-refractivity contribution in [1.29, 1.82) is 0 Å². The highest BCUT2D eigenvalue weighted by Crippen LogP contribution is 2.32. The number of hydrogen-bond donors (Lipinski definition) is 1. The van der Waals surface area contributed by atoms with E-state index < -0.39 is 30.1 Å². The summed E-state index contributed by atoms with van der Waals surface area (Å²) in [6, 6.07) is 3.68. The van der Waals surface area contributed by atoms with Crippen molar-refractivity contribution in [2.24, 2.45) is 22.5 Å². The maximum atomic E-state index is 12.5. The zero-order valence-electron chi connectivity index (χ0n) is 24.3. The van der Waals surface area contributed by atoms with Crippen LogP contribution in [-0.2, 0) is 35.1 Å². The third-order valence-corrected chi connectivity index (χ3v) is 5.36. The molecule has 0 heterocycles. The highest BCUT2D eigenvalue weighted by atomic mass is 16.6. The second-order valence-electron chi connectivity index (χ2n) is 12.2. The van der Waals surface area contributed by atoms with Crippen LogP contribution in [-0.4, -0.2) is 42.6 Å². The Morgan fingerprint density at radius 3 is 1.87 bits per heavy atom. The van der Waals surface area contributed by atoms with E-state index in [1.807, 2.05) is 48.5 Å². The largest absolute Gasteiger partial charge is 0.461 e. The molecular weight excluding hydrogens is 490 g/mol. The van der Waals surface area contributed by atoms with Gasteiger partial charge in [0, 0.05) is 0 Å². The second-order valence-corrected chi connectivity index (χ2v) is 12.2. The van der Waals surface area contributed by atoms with E-state index in [0.717, 1.165) is 0 Å². The average molecular weight is 536 g/mol. The lowest BCUT2D eigenvalue weighted by Crippen LogP contribution is -2.36. The number of nitrogens with two attached hydrogens (primary N) is 1. The molecule has 0 aliphatic heterocycles. The summed E-state index contributed by atoms with van der Waals surface area (Å²) in [7, 11) is 0. The first kappa shape index (κ1) is 33.1. The number of esters is 4. The summed E-state index contributed by atoms with van der Waals surface area (Å²) >= 11 is 0. The van der Waals surface area contributed by atoms with Gasteiger partial charge in [-0.15, -0.1) is 0 Å². The van der Waals surface area contributed by atoms with Crippen LogP contribution in [0.5, 0.6) is 11.5 Å². The summed E-state index contributed by atoms with van der Waals surface area (Å²) in [6.45, 7) is 16.6. The molecule has 0 spiro atoms. The van der Waals surface area contributed by atoms with Gasteiger partial charge in [-0.3, -0.25) is 19.2 Å². The molecule has 2 N–H and O–H groups in total. The molecule has 0 aromatic heterocycles. The summed E-state index contributed by atoms with van der Waals surface area (Å²) in [5.41, 5.74) is 6.05. The quantitative estimate of drug-likeness (QED) is 0.297. The van der Waals surface area contributed by atoms with Crippen molar-refractivity contribution >= 4 is 23.9 Å². The average Bonchev–Trinajstić information content (AvgIpc) is 2.75. The van der Waals surface area contributed by atoms with Gasteiger partial charge in [0.05, 0.1) is 18.8 Å². The van der Waals surface area contributed by atoms with Crippen molar-refractivity contribution in [3.8, 4) is 11.5 Å². The first-order valence-electron chi connectivity index (χ1n) is 13.1. The number of hydrogen-bond acceptors (Lipinski definition) is 9. The minimum atomic E-state index is -1.01. The summed E-state index contributed by atoms with van der Waals surface area (Å²) in [5, 5.41) is 0. The van der Waals surface area contributed by atoms with Gasteiger partial charge >= 0.3 is 23.9 Å². The van der Waals surface area contributed by atoms with E-state index in [1.54, 1.807) is 19.9 Å². The minimum Gasteiger partial charge on any atom is -0.461 e. The fraction of sp³-hybridized carbons (Fsp3) is 0.655. The van der Waals surface area contributed by atoms with Crippen LogP contribution in [0.1, 0.15) is 87.1 Å². The van der Waals surface area contributed by atoms with Gasteiger partial charge in [-0.05, 0) is 48.3 Å². The van der Waals surface area contributed by atoms with Crippen molar-refractivity contribution in [3.63, 3.8) is 0 Å². The Morgan fingerprint density at radius 2 is 1.37 bits per heavy atom. The summed E-state index contributed by atoms with van der Waals surface area (Å²) in [6.07, 6.45) is 0.450. The van der Waals surface area contributed by atoms with Crippen molar-refractivity contribution in [2.45, 2.75) is 100 Å². The van der Waals surface area contributed by atoms with E-state index in [9.17, 15) is 19.2 Å². The van der Waals surface area contributed by atoms with Crippen molar-refractivity contribution in [2.75, 3.05) is 6.61 Å². The van der Waals surface area contributed by atoms with Gasteiger partial charge < -0.3 is 24.7 Å². The smallest absolute Gasteiger partial charge is 0.323 e. The lowest BCUT2D eigenvalue weighted by molar-refractivity contribution is -0.161. The molecule has 9 heteroatoms. The van der Waals surface area contributed by atoms with Crippen molar-refractivity contribution in [3.05, 3.63) is 23.8 Å². The Bertz CT molecular complexity index is 974. The molecule has 0 fully saturated rings. The van der Waals surface area contributed by atoms with E-state index in [4.69, 9.17) is 24.7 Å². The Hall–Kier alpha value is -2.94. The van der Waals surface area contributed by atoms with Crippen LogP contribution < -0.4 is 15.2 Å². The lowest BCUT2D eigenvalue weighted by atomic mass is 9.92. The monoisotopic (exact) mass is 535 g/mol. The standard InChI is InChI=1S/C29H45NO8/c1-10-18(2)26(33)36-19(3)17-35-27(34)21(30)13-20-11-12-22(37-24(31)15-28(4,5)6)23(14-20)38-25(32)16-29(7,8)9/h11-12,14,18-19,21H,10,13,15-17,30H2,1-9H3/t18?,19-,21-/m0/s1. The molecule has 0 aliphatic rings. The highest BCUT2D eigenvalue weighted by molar-refractivity contribution is 5.78. The maximum absolute atomic E-state index is 12.5. The fourth-order valence-electron chi connectivity index (χ4n) is 3.19. The SMILES string of the molecule is CCC(C)C(=O)O[C@@H](C)COC(=O)[C@@H](N)Cc1ccc(OC(=O)CC(C)(C)C)c(OC(=O)CC(C)(C)C)c1. The van der Waals surface area contributed by atoms with Gasteiger partial charge in [0.2, 0.25) is 0 Å². The van der Waals surface area contributed by atoms with E-state index in [1.165, 1.54) is 12.1 Å². The zero-order chi connectivity index (χ0) is 29.3. The van der Waals surface area contributed by atoms with E-state index in [0.29, 0.717) is 12.0 Å². The first-order chi connectivity index (χ1) is 17.4. The molecule has 38 heavy (non-hydrogen) atoms. The number of benzene rings is 1. The number of rotatable bonds is 12. The Morgan fingerprint density at radius 1 is 0.842 bits per heavy atom. The van der Waals surface area contributed by atoms with E-state index >= 15 is 0 Å². The van der Waals surface area contributed by atoms with Gasteiger partial charge in [-0.25, -0.2) is 0 Å². The molecular formula is C29H45NO8. The number of ether oxygens (including phenoxy) is 4. The van der Waals surface area contributed by atoms with Crippen LogP contribution in [0.15, 0.2) is 18.2 Å². The normalized spacial score (nSPS) is 14.2. The second kappa shape index (κ2) is 14.3. The molecule has 0 bridgehead atoms. The third-order valence-electron chi connectivity index (χ3n) is 5.36. The Kier molecular flexibility index (Phi) is 12.4. The van der Waals surface area contributed by atoms with Crippen LogP contribution in [0.3, 0.4) is 0 Å². The molecule has 1 aromatic rings. The zero-order valence-corrected chi connectivity index (χ0v) is 24.3. The molecule has 214 valence electrons. The van der Waals surface area contributed by atoms with Crippen LogP contribution in [0, 0.1) is 16.7 Å². The van der Waals surface area contributed by atoms with Crippen LogP contribution >= 0.6 is 0 Å². The third kappa shape index (κ3) is 13.0. The van der Waals surface area contributed by atoms with Gasteiger partial charge in [0.1, 0.15) is 18.8 Å². The van der Waals surface area contributed by atoms with Crippen LogP contribution in [0.4, 0.5) is 0 Å². The van der Waals surface area contributed by atoms with Crippen LogP contribution in [0.2, 0.25) is 0 Å². The van der Waals surface area contributed by atoms with Crippen molar-refractivity contribution in [1.82, 2.24) is 0 Å². The summed E-state index contributed by atoms with van der Waals surface area (Å²) in [5.74, 6) is -2.00. The predicted molar refractivity (Wildman–Crippen MR) is 144 cm³/mol. The minimum absolute atomic E-state index is 0.0742. The molecule has 3 atom stereocenters. The van der Waals surface area contributed by atoms with Crippen LogP contribution in [0.25, 0.3) is 0 Å². The molecule has 9 nitrogen and oxygen atoms in total. The van der Waals surface area contributed by atoms with E-state index in [2.05, 4.69) is 0 Å². The van der Waals surface area contributed by atoms with Gasteiger partial charge in [0.15, 0.2) is 11.5 Å². The van der Waals surface area contributed by atoms with Crippen molar-refractivity contribution < 1.29 is 38.1 Å². The van der Waals surface area contributed by atoms with Gasteiger partial charge in [-0.1, -0.05) is 61.5 Å². The molecule has 1 unspecified atom stereocenters. The molecule has 0 aliphatic carbocycles.